The fraction of sp³-hybridized carbons (Fsp3) is 0.364. The normalized spacial score (nSPS) is 13.1. The molecule has 0 aliphatic heterocycles. The van der Waals surface area contributed by atoms with Gasteiger partial charge in [0.25, 0.3) is 0 Å². The quantitative estimate of drug-likeness (QED) is 0.842. The molecule has 1 aromatic carbocycles. The minimum atomic E-state index is -3.55. The van der Waals surface area contributed by atoms with Gasteiger partial charge in [-0.05, 0) is 24.6 Å². The fourth-order valence-corrected chi connectivity index (χ4v) is 1.98. The Kier molecular flexibility index (Phi) is 5.13. The maximum atomic E-state index is 11.8. The first-order chi connectivity index (χ1) is 8.29. The lowest BCUT2D eigenvalue weighted by Gasteiger charge is -2.12. The number of hydrogen-bond donors (Lipinski definition) is 2. The monoisotopic (exact) mass is 290 g/mol. The zero-order chi connectivity index (χ0) is 13.8. The maximum Gasteiger partial charge on any atom is 0.227 e. The Morgan fingerprint density at radius 3 is 2.72 bits per heavy atom. The number of benzene rings is 1. The van der Waals surface area contributed by atoms with Gasteiger partial charge in [-0.15, -0.1) is 0 Å². The number of carbonyl (C=O) groups excluding carboxylic acids is 1. The van der Waals surface area contributed by atoms with Crippen LogP contribution in [0.1, 0.15) is 18.4 Å². The predicted octanol–water partition coefficient (Wildman–Crippen LogP) is 0.848. The fourth-order valence-electron chi connectivity index (χ4n) is 1.40. The Balaban J connectivity index is 2.57. The molecule has 0 aromatic heterocycles. The highest BCUT2D eigenvalue weighted by Gasteiger charge is 2.15. The molecule has 1 amide bonds. The van der Waals surface area contributed by atoms with E-state index in [-0.39, 0.29) is 18.2 Å². The second kappa shape index (κ2) is 6.17. The third-order valence-electron chi connectivity index (χ3n) is 2.43. The molecule has 0 aliphatic carbocycles. The molecule has 0 spiro atoms. The van der Waals surface area contributed by atoms with Crippen molar-refractivity contribution in [1.82, 2.24) is 5.32 Å². The van der Waals surface area contributed by atoms with E-state index < -0.39 is 15.9 Å². The van der Waals surface area contributed by atoms with Gasteiger partial charge in [0, 0.05) is 11.6 Å². The van der Waals surface area contributed by atoms with Gasteiger partial charge in [-0.2, -0.15) is 0 Å². The second-order valence-electron chi connectivity index (χ2n) is 3.93. The Labute approximate surface area is 111 Å². The Bertz CT molecular complexity index is 531. The molecular formula is C11H15ClN2O3S. The summed E-state index contributed by atoms with van der Waals surface area (Å²) in [6.07, 6.45) is 0. The van der Waals surface area contributed by atoms with Gasteiger partial charge in [0.1, 0.15) is 0 Å². The lowest BCUT2D eigenvalue weighted by Crippen LogP contribution is -2.33. The molecule has 5 nitrogen and oxygen atoms in total. The molecule has 1 aromatic rings. The summed E-state index contributed by atoms with van der Waals surface area (Å²) in [7, 11) is -3.55. The van der Waals surface area contributed by atoms with Crippen LogP contribution in [-0.2, 0) is 14.8 Å². The number of amides is 1. The van der Waals surface area contributed by atoms with Crippen molar-refractivity contribution in [2.75, 3.05) is 12.3 Å². The van der Waals surface area contributed by atoms with Crippen molar-refractivity contribution in [3.63, 3.8) is 0 Å². The van der Waals surface area contributed by atoms with Crippen molar-refractivity contribution in [3.8, 4) is 0 Å². The summed E-state index contributed by atoms with van der Waals surface area (Å²) in [5.74, 6) is -0.939. The van der Waals surface area contributed by atoms with Crippen LogP contribution in [0, 0.1) is 0 Å². The topological polar surface area (TPSA) is 89.3 Å². The van der Waals surface area contributed by atoms with Crippen molar-refractivity contribution >= 4 is 27.5 Å². The molecule has 1 unspecified atom stereocenters. The molecule has 0 fully saturated rings. The number of primary sulfonamides is 1. The summed E-state index contributed by atoms with van der Waals surface area (Å²) in [6.45, 7) is 1.72. The summed E-state index contributed by atoms with van der Waals surface area (Å²) in [4.78, 5) is 11.8. The highest BCUT2D eigenvalue weighted by Crippen LogP contribution is 2.19. The van der Waals surface area contributed by atoms with E-state index in [0.717, 1.165) is 5.56 Å². The smallest absolute Gasteiger partial charge is 0.227 e. The summed E-state index contributed by atoms with van der Waals surface area (Å²) in [5, 5.41) is 7.90. The third kappa shape index (κ3) is 5.03. The molecule has 3 N–H and O–H groups in total. The molecule has 0 radical (unpaired) electrons. The molecular weight excluding hydrogens is 276 g/mol. The van der Waals surface area contributed by atoms with Crippen LogP contribution in [0.2, 0.25) is 5.02 Å². The molecule has 0 bridgehead atoms. The first-order valence-electron chi connectivity index (χ1n) is 5.33. The number of halogens is 1. The van der Waals surface area contributed by atoms with Gasteiger partial charge in [0.05, 0.1) is 11.7 Å². The summed E-state index contributed by atoms with van der Waals surface area (Å²) in [6, 6.07) is 6.96. The molecule has 1 rings (SSSR count). The number of hydrogen-bond acceptors (Lipinski definition) is 3. The molecule has 1 atom stereocenters. The third-order valence-corrected chi connectivity index (χ3v) is 3.44. The van der Waals surface area contributed by atoms with Crippen LogP contribution < -0.4 is 10.5 Å². The first kappa shape index (κ1) is 14.9. The number of rotatable bonds is 5. The van der Waals surface area contributed by atoms with Crippen molar-refractivity contribution < 1.29 is 13.2 Å². The summed E-state index contributed by atoms with van der Waals surface area (Å²) >= 11 is 5.83. The molecule has 0 saturated heterocycles. The molecule has 0 heterocycles. The van der Waals surface area contributed by atoms with E-state index in [1.54, 1.807) is 31.2 Å². The van der Waals surface area contributed by atoms with Gasteiger partial charge in [0.2, 0.25) is 15.9 Å². The standard InChI is InChI=1S/C11H15ClN2O3S/c1-8(9-3-2-4-10(12)7-9)11(15)14-5-6-18(13,16)17/h2-4,7-8H,5-6H2,1H3,(H,14,15)(H2,13,16,17). The number of sulfonamides is 1. The average Bonchev–Trinajstić information content (AvgIpc) is 2.26. The van der Waals surface area contributed by atoms with E-state index in [1.165, 1.54) is 0 Å². The minimum absolute atomic E-state index is 0.00255. The molecule has 18 heavy (non-hydrogen) atoms. The van der Waals surface area contributed by atoms with E-state index in [0.29, 0.717) is 5.02 Å². The van der Waals surface area contributed by atoms with Crippen LogP contribution in [0.4, 0.5) is 0 Å². The maximum absolute atomic E-state index is 11.8. The van der Waals surface area contributed by atoms with Gasteiger partial charge < -0.3 is 5.32 Å². The Morgan fingerprint density at radius 1 is 1.50 bits per heavy atom. The SMILES string of the molecule is CC(C(=O)NCCS(N)(=O)=O)c1cccc(Cl)c1. The van der Waals surface area contributed by atoms with Crippen LogP contribution in [0.3, 0.4) is 0 Å². The van der Waals surface area contributed by atoms with Gasteiger partial charge >= 0.3 is 0 Å². The van der Waals surface area contributed by atoms with Crippen molar-refractivity contribution in [2.45, 2.75) is 12.8 Å². The van der Waals surface area contributed by atoms with Gasteiger partial charge in [-0.25, -0.2) is 13.6 Å². The molecule has 0 aliphatic rings. The molecule has 0 saturated carbocycles. The highest BCUT2D eigenvalue weighted by atomic mass is 35.5. The van der Waals surface area contributed by atoms with E-state index in [4.69, 9.17) is 16.7 Å². The second-order valence-corrected chi connectivity index (χ2v) is 6.11. The summed E-state index contributed by atoms with van der Waals surface area (Å²) in [5.41, 5.74) is 0.774. The predicted molar refractivity (Wildman–Crippen MR) is 70.9 cm³/mol. The first-order valence-corrected chi connectivity index (χ1v) is 7.42. The van der Waals surface area contributed by atoms with E-state index in [1.807, 2.05) is 0 Å². The number of nitrogens with two attached hydrogens (primary N) is 1. The van der Waals surface area contributed by atoms with Crippen LogP contribution >= 0.6 is 11.6 Å². The van der Waals surface area contributed by atoms with Crippen LogP contribution in [0.5, 0.6) is 0 Å². The Morgan fingerprint density at radius 2 is 2.17 bits per heavy atom. The van der Waals surface area contributed by atoms with Crippen molar-refractivity contribution in [3.05, 3.63) is 34.9 Å². The van der Waals surface area contributed by atoms with Crippen molar-refractivity contribution in [2.24, 2.45) is 5.14 Å². The largest absolute Gasteiger partial charge is 0.355 e. The van der Waals surface area contributed by atoms with Gasteiger partial charge in [-0.3, -0.25) is 4.79 Å². The van der Waals surface area contributed by atoms with E-state index >= 15 is 0 Å². The van der Waals surface area contributed by atoms with E-state index in [9.17, 15) is 13.2 Å². The zero-order valence-electron chi connectivity index (χ0n) is 9.89. The van der Waals surface area contributed by atoms with Gasteiger partial charge in [-0.1, -0.05) is 23.7 Å². The van der Waals surface area contributed by atoms with Crippen molar-refractivity contribution in [1.29, 1.82) is 0 Å². The van der Waals surface area contributed by atoms with Crippen LogP contribution in [0.25, 0.3) is 0 Å². The lowest BCUT2D eigenvalue weighted by molar-refractivity contribution is -0.122. The van der Waals surface area contributed by atoms with E-state index in [2.05, 4.69) is 5.32 Å². The molecule has 7 heteroatoms. The lowest BCUT2D eigenvalue weighted by atomic mass is 10.0. The van der Waals surface area contributed by atoms with Gasteiger partial charge in [0.15, 0.2) is 0 Å². The van der Waals surface area contributed by atoms with Crippen LogP contribution in [-0.4, -0.2) is 26.6 Å². The zero-order valence-corrected chi connectivity index (χ0v) is 11.5. The molecule has 100 valence electrons. The minimum Gasteiger partial charge on any atom is -0.355 e. The summed E-state index contributed by atoms with van der Waals surface area (Å²) < 4.78 is 21.4. The average molecular weight is 291 g/mol. The Hall–Kier alpha value is -1.11. The van der Waals surface area contributed by atoms with Crippen LogP contribution in [0.15, 0.2) is 24.3 Å². The highest BCUT2D eigenvalue weighted by molar-refractivity contribution is 7.89. The number of nitrogens with one attached hydrogen (secondary N) is 1. The number of carbonyl (C=O) groups is 1.